The van der Waals surface area contributed by atoms with Crippen molar-refractivity contribution in [1.82, 2.24) is 14.7 Å². The molecule has 0 saturated carbocycles. The van der Waals surface area contributed by atoms with Gasteiger partial charge in [-0.2, -0.15) is 0 Å². The third-order valence-corrected chi connectivity index (χ3v) is 5.34. The van der Waals surface area contributed by atoms with Crippen LogP contribution in [0.2, 0.25) is 0 Å². The highest BCUT2D eigenvalue weighted by molar-refractivity contribution is 5.13. The number of β-amino-alcohol motifs (C(OH)–C–C–N with tert-alkyl or cyclic N) is 1. The first-order chi connectivity index (χ1) is 9.39. The van der Waals surface area contributed by atoms with Gasteiger partial charge in [-0.25, -0.2) is 0 Å². The summed E-state index contributed by atoms with van der Waals surface area (Å²) in [7, 11) is 0. The van der Waals surface area contributed by atoms with Crippen LogP contribution in [0.4, 0.5) is 0 Å². The summed E-state index contributed by atoms with van der Waals surface area (Å²) >= 11 is 0. The zero-order valence-electron chi connectivity index (χ0n) is 13.5. The summed E-state index contributed by atoms with van der Waals surface area (Å²) in [5, 5.41) is 10.1. The summed E-state index contributed by atoms with van der Waals surface area (Å²) in [5.74, 6) is 0.728. The summed E-state index contributed by atoms with van der Waals surface area (Å²) in [6.07, 6.45) is 0.863. The lowest BCUT2D eigenvalue weighted by Gasteiger charge is -2.62. The van der Waals surface area contributed by atoms with Crippen molar-refractivity contribution in [3.63, 3.8) is 0 Å². The van der Waals surface area contributed by atoms with Crippen LogP contribution >= 0.6 is 0 Å². The molecule has 20 heavy (non-hydrogen) atoms. The first kappa shape index (κ1) is 14.8. The Kier molecular flexibility index (Phi) is 3.87. The van der Waals surface area contributed by atoms with E-state index in [9.17, 15) is 5.11 Å². The summed E-state index contributed by atoms with van der Waals surface area (Å²) < 4.78 is 0. The lowest BCUT2D eigenvalue weighted by atomic mass is 9.82. The van der Waals surface area contributed by atoms with Crippen molar-refractivity contribution >= 4 is 0 Å². The molecule has 0 aromatic rings. The summed E-state index contributed by atoms with van der Waals surface area (Å²) in [6, 6.07) is 1.22. The van der Waals surface area contributed by atoms with E-state index in [1.54, 1.807) is 0 Å². The van der Waals surface area contributed by atoms with Gasteiger partial charge in [0.25, 0.3) is 0 Å². The molecule has 3 heterocycles. The van der Waals surface area contributed by atoms with Gasteiger partial charge in [0.1, 0.15) is 0 Å². The second-order valence-corrected chi connectivity index (χ2v) is 8.01. The van der Waals surface area contributed by atoms with Crippen molar-refractivity contribution in [3.8, 4) is 0 Å². The number of piperazine rings is 1. The molecule has 4 heteroatoms. The van der Waals surface area contributed by atoms with Gasteiger partial charge in [0.15, 0.2) is 0 Å². The minimum atomic E-state index is -0.107. The maximum Gasteiger partial charge on any atom is 0.0682 e. The Hall–Kier alpha value is -0.160. The summed E-state index contributed by atoms with van der Waals surface area (Å²) in [6.45, 7) is 16.0. The molecule has 0 radical (unpaired) electrons. The highest BCUT2D eigenvalue weighted by Gasteiger charge is 2.56. The Morgan fingerprint density at radius 1 is 1.10 bits per heavy atom. The maximum atomic E-state index is 10.1. The molecule has 0 amide bonds. The summed E-state index contributed by atoms with van der Waals surface area (Å²) in [4.78, 5) is 7.87. The minimum absolute atomic E-state index is 0.107. The van der Waals surface area contributed by atoms with Crippen molar-refractivity contribution in [2.75, 3.05) is 39.3 Å². The van der Waals surface area contributed by atoms with E-state index in [0.717, 1.165) is 25.4 Å². The van der Waals surface area contributed by atoms with Crippen LogP contribution in [0, 0.1) is 5.92 Å². The number of fused-ring (bicyclic) bond motifs is 2. The Labute approximate surface area is 123 Å². The van der Waals surface area contributed by atoms with Gasteiger partial charge in [-0.1, -0.05) is 13.8 Å². The van der Waals surface area contributed by atoms with Gasteiger partial charge in [-0.3, -0.25) is 14.7 Å². The van der Waals surface area contributed by atoms with Crippen molar-refractivity contribution in [2.24, 2.45) is 5.92 Å². The smallest absolute Gasteiger partial charge is 0.0682 e. The zero-order chi connectivity index (χ0) is 14.5. The molecule has 0 bridgehead atoms. The predicted molar refractivity (Wildman–Crippen MR) is 81.8 cm³/mol. The molecule has 3 rings (SSSR count). The molecule has 3 aliphatic heterocycles. The Morgan fingerprint density at radius 2 is 1.80 bits per heavy atom. The fourth-order valence-corrected chi connectivity index (χ4v) is 4.53. The standard InChI is InChI=1S/C16H31N3O/c1-12(2)6-17-7-14-5-15(20)8-19(14)16(9-17)10-18(11-16)13(3)4/h12-15,20H,5-11H2,1-4H3/t14-,15+/m0/s1. The van der Waals surface area contributed by atoms with E-state index in [1.165, 1.54) is 26.2 Å². The molecule has 0 unspecified atom stereocenters. The van der Waals surface area contributed by atoms with E-state index >= 15 is 0 Å². The quantitative estimate of drug-likeness (QED) is 0.831. The third-order valence-electron chi connectivity index (χ3n) is 5.34. The van der Waals surface area contributed by atoms with Gasteiger partial charge >= 0.3 is 0 Å². The molecule has 1 spiro atoms. The number of nitrogens with zero attached hydrogens (tertiary/aromatic N) is 3. The average molecular weight is 281 g/mol. The van der Waals surface area contributed by atoms with Gasteiger partial charge in [-0.15, -0.1) is 0 Å². The molecule has 0 aliphatic carbocycles. The molecule has 0 aromatic heterocycles. The largest absolute Gasteiger partial charge is 0.392 e. The highest BCUT2D eigenvalue weighted by Crippen LogP contribution is 2.39. The van der Waals surface area contributed by atoms with E-state index in [2.05, 4.69) is 42.4 Å². The first-order valence-corrected chi connectivity index (χ1v) is 8.31. The van der Waals surface area contributed by atoms with Crippen molar-refractivity contribution in [2.45, 2.75) is 57.8 Å². The number of hydrogen-bond donors (Lipinski definition) is 1. The third kappa shape index (κ3) is 2.52. The van der Waals surface area contributed by atoms with Crippen LogP contribution in [0.1, 0.15) is 34.1 Å². The second kappa shape index (κ2) is 5.24. The van der Waals surface area contributed by atoms with Crippen LogP contribution in [0.3, 0.4) is 0 Å². The number of aliphatic hydroxyl groups is 1. The van der Waals surface area contributed by atoms with Crippen molar-refractivity contribution in [1.29, 1.82) is 0 Å². The zero-order valence-corrected chi connectivity index (χ0v) is 13.5. The number of aliphatic hydroxyl groups excluding tert-OH is 1. The van der Waals surface area contributed by atoms with Crippen LogP contribution in [0.5, 0.6) is 0 Å². The van der Waals surface area contributed by atoms with Gasteiger partial charge < -0.3 is 5.11 Å². The van der Waals surface area contributed by atoms with Crippen LogP contribution in [-0.2, 0) is 0 Å². The predicted octanol–water partition coefficient (Wildman–Crippen LogP) is 0.856. The molecule has 1 N–H and O–H groups in total. The highest BCUT2D eigenvalue weighted by atomic mass is 16.3. The molecular formula is C16H31N3O. The number of hydrogen-bond acceptors (Lipinski definition) is 4. The second-order valence-electron chi connectivity index (χ2n) is 8.01. The molecule has 0 aromatic carbocycles. The molecule has 116 valence electrons. The SMILES string of the molecule is CC(C)CN1C[C@@H]2C[C@@H](O)CN2C2(C1)CN(C(C)C)C2. The molecular weight excluding hydrogens is 250 g/mol. The van der Waals surface area contributed by atoms with E-state index in [1.807, 2.05) is 0 Å². The van der Waals surface area contributed by atoms with Gasteiger partial charge in [0.2, 0.25) is 0 Å². The van der Waals surface area contributed by atoms with E-state index in [0.29, 0.717) is 17.6 Å². The van der Waals surface area contributed by atoms with Crippen molar-refractivity contribution in [3.05, 3.63) is 0 Å². The van der Waals surface area contributed by atoms with Gasteiger partial charge in [0, 0.05) is 51.4 Å². The lowest BCUT2D eigenvalue weighted by molar-refractivity contribution is -0.124. The Bertz CT molecular complexity index is 352. The molecule has 4 nitrogen and oxygen atoms in total. The lowest BCUT2D eigenvalue weighted by Crippen LogP contribution is -2.78. The number of rotatable bonds is 3. The van der Waals surface area contributed by atoms with Crippen molar-refractivity contribution < 1.29 is 5.11 Å². The topological polar surface area (TPSA) is 30.0 Å². The Morgan fingerprint density at radius 3 is 2.40 bits per heavy atom. The molecule has 3 fully saturated rings. The van der Waals surface area contributed by atoms with Gasteiger partial charge in [0.05, 0.1) is 11.6 Å². The molecule has 3 aliphatic rings. The molecule has 2 atom stereocenters. The summed E-state index contributed by atoms with van der Waals surface area (Å²) in [5.41, 5.74) is 0.319. The van der Waals surface area contributed by atoms with E-state index in [-0.39, 0.29) is 6.10 Å². The van der Waals surface area contributed by atoms with Crippen LogP contribution < -0.4 is 0 Å². The number of likely N-dealkylation sites (tertiary alicyclic amines) is 1. The van der Waals surface area contributed by atoms with Crippen LogP contribution in [0.15, 0.2) is 0 Å². The van der Waals surface area contributed by atoms with Gasteiger partial charge in [-0.05, 0) is 26.2 Å². The monoisotopic (exact) mass is 281 g/mol. The Balaban J connectivity index is 1.73. The maximum absolute atomic E-state index is 10.1. The fourth-order valence-electron chi connectivity index (χ4n) is 4.53. The normalized spacial score (nSPS) is 35.0. The van der Waals surface area contributed by atoms with Crippen LogP contribution in [0.25, 0.3) is 0 Å². The average Bonchev–Trinajstić information content (AvgIpc) is 2.64. The fraction of sp³-hybridized carbons (Fsp3) is 1.00. The van der Waals surface area contributed by atoms with E-state index < -0.39 is 0 Å². The van der Waals surface area contributed by atoms with Crippen LogP contribution in [-0.4, -0.2) is 82.8 Å². The van der Waals surface area contributed by atoms with E-state index in [4.69, 9.17) is 0 Å². The first-order valence-electron chi connectivity index (χ1n) is 8.31. The minimum Gasteiger partial charge on any atom is -0.392 e. The molecule has 3 saturated heterocycles.